The summed E-state index contributed by atoms with van der Waals surface area (Å²) in [5.41, 5.74) is 0.940. The Balaban J connectivity index is 2.88. The molecule has 0 fully saturated rings. The van der Waals surface area contributed by atoms with Crippen LogP contribution in [0.25, 0.3) is 0 Å². The molecule has 0 bridgehead atoms. The summed E-state index contributed by atoms with van der Waals surface area (Å²) >= 11 is 4.10. The minimum Gasteiger partial charge on any atom is -0.357 e. The fourth-order valence-electron chi connectivity index (χ4n) is 2.50. The molecule has 0 spiro atoms. The van der Waals surface area contributed by atoms with Crippen LogP contribution in [-0.4, -0.2) is 42.1 Å². The van der Waals surface area contributed by atoms with Crippen LogP contribution in [0.1, 0.15) is 32.8 Å². The van der Waals surface area contributed by atoms with Crippen molar-refractivity contribution in [2.75, 3.05) is 7.05 Å². The molecule has 1 rings (SSSR count). The number of hydrogen-bond acceptors (Lipinski definition) is 4. The molecule has 0 heterocycles. The lowest BCUT2D eigenvalue weighted by Gasteiger charge is -2.24. The Morgan fingerprint density at radius 1 is 0.923 bits per heavy atom. The number of rotatable bonds is 9. The van der Waals surface area contributed by atoms with Crippen molar-refractivity contribution in [1.29, 1.82) is 0 Å². The Hall–Kier alpha value is -2.02. The molecule has 0 aliphatic carbocycles. The molecule has 0 aromatic heterocycles. The summed E-state index contributed by atoms with van der Waals surface area (Å²) in [6.45, 7) is 5.58. The predicted octanol–water partition coefficient (Wildman–Crippen LogP) is 1.31. The zero-order valence-electron chi connectivity index (χ0n) is 15.8. The Kier molecular flexibility index (Phi) is 9.19. The third-order valence-electron chi connectivity index (χ3n) is 3.88. The predicted molar refractivity (Wildman–Crippen MR) is 106 cm³/mol. The first-order chi connectivity index (χ1) is 12.2. The molecule has 3 atom stereocenters. The molecule has 0 radical (unpaired) electrons. The number of thiol groups is 1. The van der Waals surface area contributed by atoms with E-state index >= 15 is 0 Å². The molecule has 1 aromatic carbocycles. The van der Waals surface area contributed by atoms with E-state index in [1.165, 1.54) is 7.05 Å². The Bertz CT molecular complexity index is 605. The minimum absolute atomic E-state index is 0.203. The summed E-state index contributed by atoms with van der Waals surface area (Å²) in [6, 6.07) is 8.04. The van der Waals surface area contributed by atoms with Gasteiger partial charge in [-0.25, -0.2) is 0 Å². The lowest BCUT2D eigenvalue weighted by molar-refractivity contribution is -0.132. The van der Waals surface area contributed by atoms with E-state index in [1.807, 2.05) is 44.2 Å². The van der Waals surface area contributed by atoms with E-state index in [4.69, 9.17) is 0 Å². The SMILES string of the molecule is CNC(=O)[C@H](Cc1ccccc1)NC(=O)C(CC(C)C)NC(=O)C(C)S. The summed E-state index contributed by atoms with van der Waals surface area (Å²) in [4.78, 5) is 36.9. The summed E-state index contributed by atoms with van der Waals surface area (Å²) in [5, 5.41) is 7.55. The first-order valence-electron chi connectivity index (χ1n) is 8.78. The molecule has 6 nitrogen and oxygen atoms in total. The second-order valence-corrected chi connectivity index (χ2v) is 7.51. The van der Waals surface area contributed by atoms with Crippen molar-refractivity contribution in [3.63, 3.8) is 0 Å². The molecule has 2 unspecified atom stereocenters. The second kappa shape index (κ2) is 10.9. The number of amides is 3. The van der Waals surface area contributed by atoms with Crippen LogP contribution >= 0.6 is 12.6 Å². The van der Waals surface area contributed by atoms with Gasteiger partial charge in [0, 0.05) is 13.5 Å². The maximum absolute atomic E-state index is 12.7. The molecule has 3 N–H and O–H groups in total. The summed E-state index contributed by atoms with van der Waals surface area (Å²) in [7, 11) is 1.53. The van der Waals surface area contributed by atoms with Crippen LogP contribution in [-0.2, 0) is 20.8 Å². The first kappa shape index (κ1) is 22.0. The van der Waals surface area contributed by atoms with Crippen molar-refractivity contribution in [2.45, 2.75) is 50.9 Å². The van der Waals surface area contributed by atoms with Crippen molar-refractivity contribution in [2.24, 2.45) is 5.92 Å². The third kappa shape index (κ3) is 7.47. The Morgan fingerprint density at radius 2 is 1.50 bits per heavy atom. The topological polar surface area (TPSA) is 87.3 Å². The number of carbonyl (C=O) groups is 3. The molecule has 0 aliphatic heterocycles. The standard InChI is InChI=1S/C19H29N3O3S/c1-12(2)10-15(21-17(23)13(3)26)19(25)22-16(18(24)20-4)11-14-8-6-5-7-9-14/h5-9,12-13,15-16,26H,10-11H2,1-4H3,(H,20,24)(H,21,23)(H,22,25)/t13?,15?,16-/m0/s1. The average Bonchev–Trinajstić information content (AvgIpc) is 2.60. The highest BCUT2D eigenvalue weighted by Crippen LogP contribution is 2.08. The van der Waals surface area contributed by atoms with Gasteiger partial charge >= 0.3 is 0 Å². The molecule has 7 heteroatoms. The van der Waals surface area contributed by atoms with E-state index in [-0.39, 0.29) is 23.6 Å². The number of benzene rings is 1. The van der Waals surface area contributed by atoms with Crippen molar-refractivity contribution >= 4 is 30.4 Å². The molecular formula is C19H29N3O3S. The first-order valence-corrected chi connectivity index (χ1v) is 9.30. The molecule has 3 amide bonds. The number of hydrogen-bond donors (Lipinski definition) is 4. The van der Waals surface area contributed by atoms with Gasteiger partial charge in [-0.15, -0.1) is 0 Å². The van der Waals surface area contributed by atoms with Crippen LogP contribution in [0.3, 0.4) is 0 Å². The van der Waals surface area contributed by atoms with Gasteiger partial charge < -0.3 is 16.0 Å². The zero-order chi connectivity index (χ0) is 19.7. The van der Waals surface area contributed by atoms with Gasteiger partial charge in [0.05, 0.1) is 5.25 Å². The monoisotopic (exact) mass is 379 g/mol. The fraction of sp³-hybridized carbons (Fsp3) is 0.526. The lowest BCUT2D eigenvalue weighted by atomic mass is 10.0. The van der Waals surface area contributed by atoms with E-state index in [1.54, 1.807) is 6.92 Å². The van der Waals surface area contributed by atoms with Gasteiger partial charge in [-0.2, -0.15) is 12.6 Å². The van der Waals surface area contributed by atoms with Crippen molar-refractivity contribution in [3.8, 4) is 0 Å². The lowest BCUT2D eigenvalue weighted by Crippen LogP contribution is -2.55. The Morgan fingerprint density at radius 3 is 2.00 bits per heavy atom. The largest absolute Gasteiger partial charge is 0.357 e. The highest BCUT2D eigenvalue weighted by atomic mass is 32.1. The molecular weight excluding hydrogens is 350 g/mol. The minimum atomic E-state index is -0.713. The van der Waals surface area contributed by atoms with Gasteiger partial charge in [0.2, 0.25) is 17.7 Å². The van der Waals surface area contributed by atoms with Gasteiger partial charge in [0.25, 0.3) is 0 Å². The molecule has 0 saturated heterocycles. The maximum Gasteiger partial charge on any atom is 0.243 e. The second-order valence-electron chi connectivity index (χ2n) is 6.73. The molecule has 1 aromatic rings. The summed E-state index contributed by atoms with van der Waals surface area (Å²) in [6.07, 6.45) is 0.849. The zero-order valence-corrected chi connectivity index (χ0v) is 16.7. The molecule has 0 saturated carbocycles. The quantitative estimate of drug-likeness (QED) is 0.488. The smallest absolute Gasteiger partial charge is 0.243 e. The van der Waals surface area contributed by atoms with E-state index in [2.05, 4.69) is 28.6 Å². The summed E-state index contributed by atoms with van der Waals surface area (Å²) < 4.78 is 0. The summed E-state index contributed by atoms with van der Waals surface area (Å²) in [5.74, 6) is -0.757. The van der Waals surface area contributed by atoms with Crippen LogP contribution < -0.4 is 16.0 Å². The number of likely N-dealkylation sites (N-methyl/N-ethyl adjacent to an activating group) is 1. The highest BCUT2D eigenvalue weighted by molar-refractivity contribution is 7.81. The van der Waals surface area contributed by atoms with Crippen molar-refractivity contribution < 1.29 is 14.4 Å². The maximum atomic E-state index is 12.7. The third-order valence-corrected chi connectivity index (χ3v) is 4.12. The van der Waals surface area contributed by atoms with Crippen molar-refractivity contribution in [3.05, 3.63) is 35.9 Å². The van der Waals surface area contributed by atoms with Crippen LogP contribution in [0, 0.1) is 5.92 Å². The average molecular weight is 380 g/mol. The van der Waals surface area contributed by atoms with E-state index < -0.39 is 17.3 Å². The van der Waals surface area contributed by atoms with Gasteiger partial charge in [0.1, 0.15) is 12.1 Å². The highest BCUT2D eigenvalue weighted by Gasteiger charge is 2.27. The van der Waals surface area contributed by atoms with Crippen molar-refractivity contribution in [1.82, 2.24) is 16.0 Å². The fourth-order valence-corrected chi connectivity index (χ4v) is 2.58. The van der Waals surface area contributed by atoms with Crippen LogP contribution in [0.4, 0.5) is 0 Å². The molecule has 144 valence electrons. The van der Waals surface area contributed by atoms with Gasteiger partial charge in [-0.1, -0.05) is 44.2 Å². The van der Waals surface area contributed by atoms with E-state index in [0.29, 0.717) is 12.8 Å². The van der Waals surface area contributed by atoms with E-state index in [9.17, 15) is 14.4 Å². The van der Waals surface area contributed by atoms with Gasteiger partial charge in [-0.3, -0.25) is 14.4 Å². The normalized spacial score (nSPS) is 14.2. The van der Waals surface area contributed by atoms with Crippen LogP contribution in [0.15, 0.2) is 30.3 Å². The van der Waals surface area contributed by atoms with Crippen LogP contribution in [0.2, 0.25) is 0 Å². The molecule has 26 heavy (non-hydrogen) atoms. The number of nitrogens with one attached hydrogen (secondary N) is 3. The Labute approximate surface area is 160 Å². The van der Waals surface area contributed by atoms with E-state index in [0.717, 1.165) is 5.56 Å². The number of carbonyl (C=O) groups excluding carboxylic acids is 3. The van der Waals surface area contributed by atoms with Gasteiger partial charge in [0.15, 0.2) is 0 Å². The van der Waals surface area contributed by atoms with Gasteiger partial charge in [-0.05, 0) is 24.8 Å². The van der Waals surface area contributed by atoms with Crippen LogP contribution in [0.5, 0.6) is 0 Å². The molecule has 0 aliphatic rings.